The van der Waals surface area contributed by atoms with Crippen LogP contribution >= 0.6 is 11.6 Å². The van der Waals surface area contributed by atoms with Gasteiger partial charge in [0.15, 0.2) is 0 Å². The molecule has 1 aromatic carbocycles. The number of hydrogen-bond acceptors (Lipinski definition) is 4. The van der Waals surface area contributed by atoms with E-state index in [0.29, 0.717) is 29.4 Å². The molecule has 122 valence electrons. The Kier molecular flexibility index (Phi) is 8.14. The summed E-state index contributed by atoms with van der Waals surface area (Å²) in [6.07, 6.45) is 2.79. The van der Waals surface area contributed by atoms with Gasteiger partial charge in [-0.1, -0.05) is 18.0 Å². The van der Waals surface area contributed by atoms with Crippen molar-refractivity contribution in [3.8, 4) is 5.75 Å². The fourth-order valence-corrected chi connectivity index (χ4v) is 1.99. The van der Waals surface area contributed by atoms with E-state index in [4.69, 9.17) is 16.3 Å². The highest BCUT2D eigenvalue weighted by Crippen LogP contribution is 2.27. The Bertz CT molecular complexity index is 508. The number of benzene rings is 1. The molecule has 0 heterocycles. The molecule has 0 bridgehead atoms. The first kappa shape index (κ1) is 18.1. The Morgan fingerprint density at radius 2 is 1.95 bits per heavy atom. The van der Waals surface area contributed by atoms with Crippen LogP contribution in [0.25, 0.3) is 0 Å². The first-order chi connectivity index (χ1) is 10.6. The Morgan fingerprint density at radius 3 is 2.64 bits per heavy atom. The van der Waals surface area contributed by atoms with E-state index in [1.807, 2.05) is 0 Å². The van der Waals surface area contributed by atoms with Gasteiger partial charge >= 0.3 is 12.0 Å². The maximum absolute atomic E-state index is 11.8. The van der Waals surface area contributed by atoms with Gasteiger partial charge in [-0.2, -0.15) is 0 Å². The third-order valence-electron chi connectivity index (χ3n) is 2.98. The first-order valence-electron chi connectivity index (χ1n) is 7.02. The highest BCUT2D eigenvalue weighted by atomic mass is 35.5. The molecule has 0 spiro atoms. The number of esters is 1. The van der Waals surface area contributed by atoms with Crippen LogP contribution in [0.5, 0.6) is 5.75 Å². The van der Waals surface area contributed by atoms with Crippen molar-refractivity contribution in [1.82, 2.24) is 5.32 Å². The number of halogens is 1. The fourth-order valence-electron chi connectivity index (χ4n) is 1.82. The van der Waals surface area contributed by atoms with Crippen LogP contribution in [0.4, 0.5) is 10.5 Å². The van der Waals surface area contributed by atoms with Crippen molar-refractivity contribution in [3.05, 3.63) is 23.2 Å². The van der Waals surface area contributed by atoms with Gasteiger partial charge in [-0.05, 0) is 31.0 Å². The van der Waals surface area contributed by atoms with Crippen molar-refractivity contribution in [2.24, 2.45) is 0 Å². The SMILES string of the molecule is COC(=O)CCCCCNC(=O)Nc1cc(Cl)ccc1OC. The lowest BCUT2D eigenvalue weighted by atomic mass is 10.2. The number of nitrogens with one attached hydrogen (secondary N) is 2. The van der Waals surface area contributed by atoms with Gasteiger partial charge in [0.05, 0.1) is 19.9 Å². The van der Waals surface area contributed by atoms with Crippen molar-refractivity contribution in [3.63, 3.8) is 0 Å². The first-order valence-corrected chi connectivity index (χ1v) is 7.40. The van der Waals surface area contributed by atoms with Crippen LogP contribution in [-0.4, -0.2) is 32.8 Å². The molecule has 2 N–H and O–H groups in total. The molecule has 0 fully saturated rings. The molecule has 0 unspecified atom stereocenters. The molecular weight excluding hydrogens is 308 g/mol. The number of anilines is 1. The van der Waals surface area contributed by atoms with Crippen LogP contribution in [0.3, 0.4) is 0 Å². The number of urea groups is 1. The molecule has 6 nitrogen and oxygen atoms in total. The van der Waals surface area contributed by atoms with Gasteiger partial charge in [0.2, 0.25) is 0 Å². The summed E-state index contributed by atoms with van der Waals surface area (Å²) in [7, 11) is 2.89. The zero-order valence-electron chi connectivity index (χ0n) is 12.8. The number of carbonyl (C=O) groups is 2. The molecule has 0 saturated carbocycles. The van der Waals surface area contributed by atoms with E-state index < -0.39 is 0 Å². The quantitative estimate of drug-likeness (QED) is 0.567. The topological polar surface area (TPSA) is 76.7 Å². The fraction of sp³-hybridized carbons (Fsp3) is 0.467. The Hall–Kier alpha value is -1.95. The van der Waals surface area contributed by atoms with Crippen molar-refractivity contribution in [2.75, 3.05) is 26.1 Å². The molecule has 0 aliphatic rings. The average molecular weight is 329 g/mol. The normalized spacial score (nSPS) is 9.95. The standard InChI is InChI=1S/C15H21ClN2O4/c1-21-13-8-7-11(16)10-12(13)18-15(20)17-9-5-3-4-6-14(19)22-2/h7-8,10H,3-6,9H2,1-2H3,(H2,17,18,20). The molecule has 0 radical (unpaired) electrons. The number of ether oxygens (including phenoxy) is 2. The maximum Gasteiger partial charge on any atom is 0.319 e. The summed E-state index contributed by atoms with van der Waals surface area (Å²) in [5.74, 6) is 0.330. The van der Waals surface area contributed by atoms with Crippen LogP contribution in [-0.2, 0) is 9.53 Å². The second kappa shape index (κ2) is 9.89. The maximum atomic E-state index is 11.8. The van der Waals surface area contributed by atoms with Gasteiger partial charge in [-0.3, -0.25) is 4.79 Å². The molecule has 0 saturated heterocycles. The van der Waals surface area contributed by atoms with E-state index in [1.54, 1.807) is 18.2 Å². The van der Waals surface area contributed by atoms with Crippen LogP contribution in [0.1, 0.15) is 25.7 Å². The molecule has 0 aliphatic heterocycles. The van der Waals surface area contributed by atoms with Crippen molar-refractivity contribution < 1.29 is 19.1 Å². The monoisotopic (exact) mass is 328 g/mol. The largest absolute Gasteiger partial charge is 0.495 e. The third-order valence-corrected chi connectivity index (χ3v) is 3.22. The van der Waals surface area contributed by atoms with Crippen LogP contribution in [0.15, 0.2) is 18.2 Å². The van der Waals surface area contributed by atoms with E-state index >= 15 is 0 Å². The van der Waals surface area contributed by atoms with Crippen molar-refractivity contribution >= 4 is 29.3 Å². The molecule has 22 heavy (non-hydrogen) atoms. The summed E-state index contributed by atoms with van der Waals surface area (Å²) < 4.78 is 9.70. The lowest BCUT2D eigenvalue weighted by molar-refractivity contribution is -0.140. The van der Waals surface area contributed by atoms with Gasteiger partial charge in [0, 0.05) is 18.0 Å². The van der Waals surface area contributed by atoms with E-state index in [2.05, 4.69) is 15.4 Å². The predicted octanol–water partition coefficient (Wildman–Crippen LogP) is 3.20. The van der Waals surface area contributed by atoms with Gasteiger partial charge < -0.3 is 20.1 Å². The molecular formula is C15H21ClN2O4. The van der Waals surface area contributed by atoms with Gasteiger partial charge in [0.25, 0.3) is 0 Å². The lowest BCUT2D eigenvalue weighted by Crippen LogP contribution is -2.29. The van der Waals surface area contributed by atoms with E-state index in [1.165, 1.54) is 14.2 Å². The molecule has 2 amide bonds. The number of unbranched alkanes of at least 4 members (excludes halogenated alkanes) is 2. The molecule has 1 rings (SSSR count). The average Bonchev–Trinajstić information content (AvgIpc) is 2.50. The van der Waals surface area contributed by atoms with Gasteiger partial charge in [-0.15, -0.1) is 0 Å². The minimum Gasteiger partial charge on any atom is -0.495 e. The lowest BCUT2D eigenvalue weighted by Gasteiger charge is -2.11. The number of rotatable bonds is 8. The summed E-state index contributed by atoms with van der Waals surface area (Å²) in [6.45, 7) is 0.524. The van der Waals surface area contributed by atoms with Crippen LogP contribution in [0.2, 0.25) is 5.02 Å². The Labute approximate surface area is 135 Å². The van der Waals surface area contributed by atoms with E-state index in [0.717, 1.165) is 19.3 Å². The van der Waals surface area contributed by atoms with E-state index in [9.17, 15) is 9.59 Å². The smallest absolute Gasteiger partial charge is 0.319 e. The third kappa shape index (κ3) is 6.67. The van der Waals surface area contributed by atoms with Gasteiger partial charge in [-0.25, -0.2) is 4.79 Å². The summed E-state index contributed by atoms with van der Waals surface area (Å²) >= 11 is 5.89. The van der Waals surface area contributed by atoms with Crippen LogP contribution in [0, 0.1) is 0 Å². The van der Waals surface area contributed by atoms with Crippen molar-refractivity contribution in [1.29, 1.82) is 0 Å². The second-order valence-electron chi connectivity index (χ2n) is 4.61. The number of carbonyl (C=O) groups excluding carboxylic acids is 2. The zero-order chi connectivity index (χ0) is 16.4. The minimum absolute atomic E-state index is 0.209. The Balaban J connectivity index is 2.26. The highest BCUT2D eigenvalue weighted by Gasteiger charge is 2.07. The Morgan fingerprint density at radius 1 is 1.18 bits per heavy atom. The number of methoxy groups -OCH3 is 2. The molecule has 0 aromatic heterocycles. The molecule has 0 atom stereocenters. The summed E-state index contributed by atoms with van der Waals surface area (Å²) in [5, 5.41) is 5.94. The summed E-state index contributed by atoms with van der Waals surface area (Å²) in [4.78, 5) is 22.7. The zero-order valence-corrected chi connectivity index (χ0v) is 13.5. The minimum atomic E-state index is -0.325. The van der Waals surface area contributed by atoms with Gasteiger partial charge in [0.1, 0.15) is 5.75 Å². The number of amides is 2. The molecule has 0 aliphatic carbocycles. The summed E-state index contributed by atoms with van der Waals surface area (Å²) in [6, 6.07) is 4.67. The van der Waals surface area contributed by atoms with Crippen molar-refractivity contribution in [2.45, 2.75) is 25.7 Å². The van der Waals surface area contributed by atoms with Crippen LogP contribution < -0.4 is 15.4 Å². The van der Waals surface area contributed by atoms with E-state index in [-0.39, 0.29) is 12.0 Å². The molecule has 1 aromatic rings. The second-order valence-corrected chi connectivity index (χ2v) is 5.05. The predicted molar refractivity (Wildman–Crippen MR) is 85.5 cm³/mol. The summed E-state index contributed by atoms with van der Waals surface area (Å²) in [5.41, 5.74) is 0.512. The highest BCUT2D eigenvalue weighted by molar-refractivity contribution is 6.31. The number of hydrogen-bond donors (Lipinski definition) is 2. The molecule has 7 heteroatoms.